The van der Waals surface area contributed by atoms with Crippen LogP contribution in [-0.2, 0) is 12.4 Å². The Morgan fingerprint density at radius 1 is 1.00 bits per heavy atom. The molecule has 0 aliphatic rings. The number of benzene rings is 1. The molecule has 0 heterocycles. The Morgan fingerprint density at radius 3 is 1.81 bits per heavy atom. The Kier molecular flexibility index (Phi) is 7.29. The molecule has 0 amide bonds. The Labute approximate surface area is 153 Å². The molecule has 1 unspecified atom stereocenters. The molecule has 0 aromatic heterocycles. The Morgan fingerprint density at radius 2 is 1.46 bits per heavy atom. The molecule has 0 aliphatic carbocycles. The average Bonchev–Trinajstić information content (AvgIpc) is 2.43. The van der Waals surface area contributed by atoms with Gasteiger partial charge in [-0.2, -0.15) is 26.3 Å². The van der Waals surface area contributed by atoms with Gasteiger partial charge in [-0.15, -0.1) is 0 Å². The van der Waals surface area contributed by atoms with Gasteiger partial charge < -0.3 is 15.5 Å². The van der Waals surface area contributed by atoms with Gasteiger partial charge >= 0.3 is 12.4 Å². The topological polar surface area (TPSA) is 27.3 Å². The molecule has 0 spiro atoms. The van der Waals surface area contributed by atoms with Crippen molar-refractivity contribution in [3.63, 3.8) is 0 Å². The van der Waals surface area contributed by atoms with Crippen LogP contribution in [0.2, 0.25) is 0 Å². The maximum Gasteiger partial charge on any atom is 0.416 e. The van der Waals surface area contributed by atoms with Crippen LogP contribution >= 0.6 is 12.2 Å². The van der Waals surface area contributed by atoms with Gasteiger partial charge in [0, 0.05) is 18.3 Å². The van der Waals surface area contributed by atoms with E-state index >= 15 is 0 Å². The van der Waals surface area contributed by atoms with Gasteiger partial charge in [0.1, 0.15) is 0 Å². The lowest BCUT2D eigenvalue weighted by Crippen LogP contribution is -2.46. The van der Waals surface area contributed by atoms with Crippen LogP contribution in [0.3, 0.4) is 0 Å². The van der Waals surface area contributed by atoms with Crippen molar-refractivity contribution in [2.24, 2.45) is 5.92 Å². The third-order valence-electron chi connectivity index (χ3n) is 3.53. The molecule has 0 bridgehead atoms. The predicted octanol–water partition coefficient (Wildman–Crippen LogP) is 4.60. The third-order valence-corrected chi connectivity index (χ3v) is 3.75. The molecule has 26 heavy (non-hydrogen) atoms. The molecule has 2 N–H and O–H groups in total. The number of hydrogen-bond donors (Lipinski definition) is 2. The average molecular weight is 401 g/mol. The third kappa shape index (κ3) is 6.99. The number of rotatable bonds is 5. The molecule has 0 aliphatic heterocycles. The molecule has 10 heteroatoms. The van der Waals surface area contributed by atoms with E-state index in [1.54, 1.807) is 0 Å². The van der Waals surface area contributed by atoms with Crippen molar-refractivity contribution in [3.8, 4) is 0 Å². The molecule has 0 fully saturated rings. The van der Waals surface area contributed by atoms with Crippen LogP contribution in [-0.4, -0.2) is 36.7 Å². The summed E-state index contributed by atoms with van der Waals surface area (Å²) in [4.78, 5) is 1.90. The zero-order valence-corrected chi connectivity index (χ0v) is 15.5. The number of likely N-dealkylation sites (N-methyl/N-ethyl adjacent to an activating group) is 1. The number of alkyl halides is 6. The van der Waals surface area contributed by atoms with E-state index in [0.29, 0.717) is 18.7 Å². The number of thiocarbonyl (C=S) groups is 1. The van der Waals surface area contributed by atoms with Crippen molar-refractivity contribution in [3.05, 3.63) is 29.3 Å². The first-order valence-electron chi connectivity index (χ1n) is 7.72. The summed E-state index contributed by atoms with van der Waals surface area (Å²) < 4.78 is 77.3. The highest BCUT2D eigenvalue weighted by atomic mass is 32.1. The first-order valence-corrected chi connectivity index (χ1v) is 8.12. The summed E-state index contributed by atoms with van der Waals surface area (Å²) in [6.45, 7) is 4.45. The van der Waals surface area contributed by atoms with E-state index in [9.17, 15) is 26.3 Å². The molecular weight excluding hydrogens is 380 g/mol. The minimum atomic E-state index is -4.90. The Bertz CT molecular complexity index is 593. The van der Waals surface area contributed by atoms with Gasteiger partial charge in [-0.25, -0.2) is 0 Å². The monoisotopic (exact) mass is 401 g/mol. The van der Waals surface area contributed by atoms with E-state index in [-0.39, 0.29) is 28.8 Å². The zero-order valence-electron chi connectivity index (χ0n) is 14.7. The molecule has 1 aromatic rings. The summed E-state index contributed by atoms with van der Waals surface area (Å²) in [6.07, 6.45) is -9.81. The number of nitrogens with zero attached hydrogens (tertiary/aromatic N) is 1. The summed E-state index contributed by atoms with van der Waals surface area (Å²) in [5.74, 6) is 0.143. The minimum absolute atomic E-state index is 0.0435. The Balaban J connectivity index is 3.06. The molecule has 148 valence electrons. The molecule has 0 saturated heterocycles. The fraction of sp³-hybridized carbons (Fsp3) is 0.562. The van der Waals surface area contributed by atoms with Gasteiger partial charge in [-0.3, -0.25) is 0 Å². The second kappa shape index (κ2) is 8.43. The number of halogens is 6. The van der Waals surface area contributed by atoms with Crippen molar-refractivity contribution in [1.82, 2.24) is 10.2 Å². The van der Waals surface area contributed by atoms with Crippen molar-refractivity contribution < 1.29 is 26.3 Å². The van der Waals surface area contributed by atoms with Crippen molar-refractivity contribution >= 4 is 23.0 Å². The van der Waals surface area contributed by atoms with Crippen molar-refractivity contribution in [2.45, 2.75) is 32.2 Å². The molecule has 0 radical (unpaired) electrons. The van der Waals surface area contributed by atoms with E-state index in [2.05, 4.69) is 10.6 Å². The van der Waals surface area contributed by atoms with Gasteiger partial charge in [0.25, 0.3) is 0 Å². The second-order valence-electron chi connectivity index (χ2n) is 6.51. The smallest absolute Gasteiger partial charge is 0.358 e. The predicted molar refractivity (Wildman–Crippen MR) is 93.0 cm³/mol. The lowest BCUT2D eigenvalue weighted by atomic mass is 10.0. The highest BCUT2D eigenvalue weighted by Gasteiger charge is 2.37. The molecular formula is C16H21F6N3S. The van der Waals surface area contributed by atoms with Crippen LogP contribution in [0, 0.1) is 5.92 Å². The SMILES string of the molecule is CC(C)C(CN(C)C)NC(=S)Nc1cc(C(F)(F)F)cc(C(F)(F)F)c1. The first kappa shape index (κ1) is 22.5. The van der Waals surface area contributed by atoms with Crippen molar-refractivity contribution in [2.75, 3.05) is 26.0 Å². The van der Waals surface area contributed by atoms with E-state index in [1.165, 1.54) is 0 Å². The normalized spacial score (nSPS) is 13.8. The fourth-order valence-corrected chi connectivity index (χ4v) is 2.45. The fourth-order valence-electron chi connectivity index (χ4n) is 2.18. The molecule has 1 rings (SSSR count). The quantitative estimate of drug-likeness (QED) is 0.557. The number of nitrogens with one attached hydrogen (secondary N) is 2. The maximum atomic E-state index is 12.9. The van der Waals surface area contributed by atoms with E-state index in [1.807, 2.05) is 32.8 Å². The van der Waals surface area contributed by atoms with Crippen LogP contribution in [0.25, 0.3) is 0 Å². The van der Waals surface area contributed by atoms with Crippen LogP contribution in [0.5, 0.6) is 0 Å². The standard InChI is InChI=1S/C16H21F6N3S/c1-9(2)13(8-25(3)4)24-14(26)23-12-6-10(15(17,18)19)5-11(7-12)16(20,21)22/h5-7,9,13H,8H2,1-4H3,(H2,23,24,26). The number of anilines is 1. The van der Waals surface area contributed by atoms with Gasteiger partial charge in [-0.1, -0.05) is 13.8 Å². The summed E-state index contributed by atoms with van der Waals surface area (Å²) in [5.41, 5.74) is -3.17. The van der Waals surface area contributed by atoms with Gasteiger partial charge in [0.2, 0.25) is 0 Å². The van der Waals surface area contributed by atoms with E-state index < -0.39 is 23.5 Å². The molecule has 1 aromatic carbocycles. The summed E-state index contributed by atoms with van der Waals surface area (Å²) in [6, 6.07) is 1.14. The molecule has 3 nitrogen and oxygen atoms in total. The summed E-state index contributed by atoms with van der Waals surface area (Å²) in [7, 11) is 3.69. The maximum absolute atomic E-state index is 12.9. The highest BCUT2D eigenvalue weighted by Crippen LogP contribution is 2.37. The zero-order chi connectivity index (χ0) is 20.3. The Hall–Kier alpha value is -1.55. The second-order valence-corrected chi connectivity index (χ2v) is 6.91. The molecule has 1 atom stereocenters. The van der Waals surface area contributed by atoms with E-state index in [0.717, 1.165) is 0 Å². The van der Waals surface area contributed by atoms with Crippen molar-refractivity contribution in [1.29, 1.82) is 0 Å². The molecule has 0 saturated carbocycles. The van der Waals surface area contributed by atoms with Crippen LogP contribution < -0.4 is 10.6 Å². The number of hydrogen-bond acceptors (Lipinski definition) is 2. The highest BCUT2D eigenvalue weighted by molar-refractivity contribution is 7.80. The van der Waals surface area contributed by atoms with Crippen LogP contribution in [0.4, 0.5) is 32.0 Å². The lowest BCUT2D eigenvalue weighted by molar-refractivity contribution is -0.143. The largest absolute Gasteiger partial charge is 0.416 e. The van der Waals surface area contributed by atoms with Crippen LogP contribution in [0.1, 0.15) is 25.0 Å². The van der Waals surface area contributed by atoms with E-state index in [4.69, 9.17) is 12.2 Å². The summed E-state index contributed by atoms with van der Waals surface area (Å²) in [5, 5.41) is 5.31. The van der Waals surface area contributed by atoms with Crippen LogP contribution in [0.15, 0.2) is 18.2 Å². The first-order chi connectivity index (χ1) is 11.7. The van der Waals surface area contributed by atoms with Gasteiger partial charge in [0.05, 0.1) is 11.1 Å². The lowest BCUT2D eigenvalue weighted by Gasteiger charge is -2.27. The minimum Gasteiger partial charge on any atom is -0.358 e. The van der Waals surface area contributed by atoms with Gasteiger partial charge in [0.15, 0.2) is 5.11 Å². The van der Waals surface area contributed by atoms with Gasteiger partial charge in [-0.05, 0) is 50.4 Å². The summed E-state index contributed by atoms with van der Waals surface area (Å²) >= 11 is 5.05.